The van der Waals surface area contributed by atoms with Crippen molar-refractivity contribution in [3.05, 3.63) is 70.1 Å². The van der Waals surface area contributed by atoms with E-state index in [1.54, 1.807) is 42.5 Å². The second kappa shape index (κ2) is 7.30. The molecule has 0 aliphatic rings. The van der Waals surface area contributed by atoms with Gasteiger partial charge in [0.2, 0.25) is 0 Å². The number of anilines is 1. The first kappa shape index (κ1) is 17.1. The van der Waals surface area contributed by atoms with Crippen LogP contribution in [0.3, 0.4) is 0 Å². The van der Waals surface area contributed by atoms with Crippen LogP contribution in [0.1, 0.15) is 15.9 Å². The molecule has 2 aromatic carbocycles. The Morgan fingerprint density at radius 2 is 1.83 bits per heavy atom. The van der Waals surface area contributed by atoms with Crippen LogP contribution in [0.4, 0.5) is 5.69 Å². The van der Waals surface area contributed by atoms with Crippen LogP contribution in [-0.2, 0) is 10.0 Å². The van der Waals surface area contributed by atoms with Gasteiger partial charge in [0.05, 0.1) is 5.41 Å². The lowest BCUT2D eigenvalue weighted by atomic mass is 10.2. The minimum atomic E-state index is -3.69. The highest BCUT2D eigenvalue weighted by molar-refractivity contribution is 7.95. The van der Waals surface area contributed by atoms with Crippen LogP contribution in [0.2, 0.25) is 5.02 Å². The smallest absolute Gasteiger partial charge is 0.255 e. The van der Waals surface area contributed by atoms with E-state index in [2.05, 4.69) is 10.0 Å². The summed E-state index contributed by atoms with van der Waals surface area (Å²) in [7, 11) is -2.18. The normalized spacial score (nSPS) is 11.4. The number of amides is 1. The summed E-state index contributed by atoms with van der Waals surface area (Å²) >= 11 is 5.77. The summed E-state index contributed by atoms with van der Waals surface area (Å²) in [6.07, 6.45) is 1.46. The second-order valence-electron chi connectivity index (χ2n) is 4.66. The van der Waals surface area contributed by atoms with Gasteiger partial charge in [-0.1, -0.05) is 29.8 Å². The lowest BCUT2D eigenvalue weighted by Gasteiger charge is -2.06. The van der Waals surface area contributed by atoms with Gasteiger partial charge in [0.25, 0.3) is 15.9 Å². The van der Waals surface area contributed by atoms with Gasteiger partial charge < -0.3 is 5.32 Å². The second-order valence-corrected chi connectivity index (χ2v) is 6.66. The molecule has 1 amide bonds. The zero-order valence-corrected chi connectivity index (χ0v) is 13.9. The monoisotopic (exact) mass is 350 g/mol. The molecule has 2 N–H and O–H groups in total. The number of halogens is 1. The summed E-state index contributed by atoms with van der Waals surface area (Å²) in [6.45, 7) is 0. The number of carbonyl (C=O) groups is 1. The largest absolute Gasteiger partial charge is 0.355 e. The third-order valence-electron chi connectivity index (χ3n) is 2.92. The highest BCUT2D eigenvalue weighted by Gasteiger charge is 2.08. The molecule has 0 heterocycles. The Labute approximate surface area is 140 Å². The van der Waals surface area contributed by atoms with E-state index in [0.717, 1.165) is 5.41 Å². The zero-order chi connectivity index (χ0) is 16.9. The SMILES string of the molecule is CNC(=O)c1cccc(NS(=O)(=O)/C=C/c2ccc(Cl)cc2)c1. The van der Waals surface area contributed by atoms with Crippen molar-refractivity contribution < 1.29 is 13.2 Å². The van der Waals surface area contributed by atoms with Gasteiger partial charge in [-0.3, -0.25) is 9.52 Å². The molecule has 0 saturated heterocycles. The van der Waals surface area contributed by atoms with E-state index in [-0.39, 0.29) is 5.91 Å². The summed E-state index contributed by atoms with van der Waals surface area (Å²) in [4.78, 5) is 11.6. The Morgan fingerprint density at radius 3 is 2.48 bits per heavy atom. The lowest BCUT2D eigenvalue weighted by Crippen LogP contribution is -2.18. The Hall–Kier alpha value is -2.31. The molecule has 0 radical (unpaired) electrons. The first-order chi connectivity index (χ1) is 10.9. The Balaban J connectivity index is 2.15. The third-order valence-corrected chi connectivity index (χ3v) is 4.19. The summed E-state index contributed by atoms with van der Waals surface area (Å²) < 4.78 is 26.5. The van der Waals surface area contributed by atoms with E-state index >= 15 is 0 Å². The quantitative estimate of drug-likeness (QED) is 0.870. The number of nitrogens with one attached hydrogen (secondary N) is 2. The average molecular weight is 351 g/mol. The van der Waals surface area contributed by atoms with E-state index in [0.29, 0.717) is 21.8 Å². The van der Waals surface area contributed by atoms with E-state index in [4.69, 9.17) is 11.6 Å². The van der Waals surface area contributed by atoms with Gasteiger partial charge in [-0.15, -0.1) is 0 Å². The first-order valence-corrected chi connectivity index (χ1v) is 8.61. The molecule has 120 valence electrons. The molecule has 23 heavy (non-hydrogen) atoms. The molecular weight excluding hydrogens is 336 g/mol. The molecule has 2 aromatic rings. The van der Waals surface area contributed by atoms with Crippen molar-refractivity contribution in [3.8, 4) is 0 Å². The summed E-state index contributed by atoms with van der Waals surface area (Å²) in [5, 5.41) is 4.12. The molecule has 7 heteroatoms. The predicted octanol–water partition coefficient (Wildman–Crippen LogP) is 3.11. The maximum absolute atomic E-state index is 12.1. The zero-order valence-electron chi connectivity index (χ0n) is 12.3. The molecule has 0 aliphatic carbocycles. The Morgan fingerprint density at radius 1 is 1.13 bits per heavy atom. The molecule has 0 fully saturated rings. The number of hydrogen-bond acceptors (Lipinski definition) is 3. The van der Waals surface area contributed by atoms with Gasteiger partial charge in [-0.2, -0.15) is 0 Å². The number of rotatable bonds is 5. The van der Waals surface area contributed by atoms with Crippen LogP contribution in [-0.4, -0.2) is 21.4 Å². The topological polar surface area (TPSA) is 75.3 Å². The summed E-state index contributed by atoms with van der Waals surface area (Å²) in [6, 6.07) is 13.0. The van der Waals surface area contributed by atoms with Gasteiger partial charge in [-0.25, -0.2) is 8.42 Å². The molecular formula is C16H15ClN2O3S. The van der Waals surface area contributed by atoms with Gasteiger partial charge >= 0.3 is 0 Å². The van der Waals surface area contributed by atoms with Gasteiger partial charge in [0, 0.05) is 23.3 Å². The van der Waals surface area contributed by atoms with E-state index < -0.39 is 10.0 Å². The minimum Gasteiger partial charge on any atom is -0.355 e. The number of sulfonamides is 1. The van der Waals surface area contributed by atoms with Crippen molar-refractivity contribution in [1.82, 2.24) is 5.32 Å². The fourth-order valence-electron chi connectivity index (χ4n) is 1.81. The molecule has 5 nitrogen and oxygen atoms in total. The molecule has 0 saturated carbocycles. The highest BCUT2D eigenvalue weighted by Crippen LogP contribution is 2.15. The molecule has 0 aromatic heterocycles. The lowest BCUT2D eigenvalue weighted by molar-refractivity contribution is 0.0963. The van der Waals surface area contributed by atoms with Crippen LogP contribution in [0.25, 0.3) is 6.08 Å². The average Bonchev–Trinajstić information content (AvgIpc) is 2.53. The summed E-state index contributed by atoms with van der Waals surface area (Å²) in [5.41, 5.74) is 1.39. The first-order valence-electron chi connectivity index (χ1n) is 6.68. The molecule has 2 rings (SSSR count). The molecule has 0 bridgehead atoms. The van der Waals surface area contributed by atoms with Gasteiger partial charge in [0.15, 0.2) is 0 Å². The van der Waals surface area contributed by atoms with E-state index in [9.17, 15) is 13.2 Å². The summed E-state index contributed by atoms with van der Waals surface area (Å²) in [5.74, 6) is -0.289. The maximum Gasteiger partial charge on any atom is 0.255 e. The van der Waals surface area contributed by atoms with Crippen LogP contribution in [0, 0.1) is 0 Å². The van der Waals surface area contributed by atoms with Gasteiger partial charge in [0.1, 0.15) is 0 Å². The fraction of sp³-hybridized carbons (Fsp3) is 0.0625. The molecule has 0 spiro atoms. The number of carbonyl (C=O) groups excluding carboxylic acids is 1. The number of hydrogen-bond donors (Lipinski definition) is 2. The predicted molar refractivity (Wildman–Crippen MR) is 92.9 cm³/mol. The van der Waals surface area contributed by atoms with Crippen molar-refractivity contribution in [2.45, 2.75) is 0 Å². The van der Waals surface area contributed by atoms with Crippen molar-refractivity contribution in [3.63, 3.8) is 0 Å². The molecule has 0 unspecified atom stereocenters. The molecule has 0 aliphatic heterocycles. The van der Waals surface area contributed by atoms with Crippen molar-refractivity contribution in [2.75, 3.05) is 11.8 Å². The Bertz CT molecular complexity index is 831. The minimum absolute atomic E-state index is 0.289. The van der Waals surface area contributed by atoms with Crippen LogP contribution in [0.5, 0.6) is 0 Å². The van der Waals surface area contributed by atoms with Crippen LogP contribution < -0.4 is 10.0 Å². The highest BCUT2D eigenvalue weighted by atomic mass is 35.5. The van der Waals surface area contributed by atoms with E-state index in [1.807, 2.05) is 0 Å². The standard InChI is InChI=1S/C16H15ClN2O3S/c1-18-16(20)13-3-2-4-15(11-13)19-23(21,22)10-9-12-5-7-14(17)8-6-12/h2-11,19H,1H3,(H,18,20)/b10-9+. The maximum atomic E-state index is 12.1. The number of benzene rings is 2. The van der Waals surface area contributed by atoms with Crippen molar-refractivity contribution >= 4 is 39.3 Å². The Kier molecular flexibility index (Phi) is 5.41. The van der Waals surface area contributed by atoms with Crippen LogP contribution >= 0.6 is 11.6 Å². The van der Waals surface area contributed by atoms with Crippen molar-refractivity contribution in [1.29, 1.82) is 0 Å². The third kappa shape index (κ3) is 5.12. The van der Waals surface area contributed by atoms with Gasteiger partial charge in [-0.05, 0) is 42.0 Å². The van der Waals surface area contributed by atoms with Crippen LogP contribution in [0.15, 0.2) is 53.9 Å². The molecule has 0 atom stereocenters. The fourth-order valence-corrected chi connectivity index (χ4v) is 2.79. The van der Waals surface area contributed by atoms with Crippen molar-refractivity contribution in [2.24, 2.45) is 0 Å². The van der Waals surface area contributed by atoms with E-state index in [1.165, 1.54) is 19.2 Å².